The number of amides is 1. The van der Waals surface area contributed by atoms with Crippen LogP contribution in [0.2, 0.25) is 0 Å². The lowest BCUT2D eigenvalue weighted by atomic mass is 10.1. The summed E-state index contributed by atoms with van der Waals surface area (Å²) in [7, 11) is -3.63. The van der Waals surface area contributed by atoms with Gasteiger partial charge in [-0.25, -0.2) is 13.1 Å². The molecule has 1 amide bonds. The summed E-state index contributed by atoms with van der Waals surface area (Å²) in [5.74, 6) is -0.112. The van der Waals surface area contributed by atoms with Crippen LogP contribution in [-0.2, 0) is 10.0 Å². The van der Waals surface area contributed by atoms with Crippen LogP contribution in [0.1, 0.15) is 60.8 Å². The van der Waals surface area contributed by atoms with E-state index in [1.807, 2.05) is 0 Å². The molecule has 1 saturated carbocycles. The Morgan fingerprint density at radius 3 is 2.63 bits per heavy atom. The number of benzene rings is 1. The minimum atomic E-state index is -3.63. The van der Waals surface area contributed by atoms with Gasteiger partial charge in [-0.05, 0) is 59.8 Å². The molecule has 1 heterocycles. The zero-order chi connectivity index (χ0) is 19.6. The minimum absolute atomic E-state index is 0.000754. The lowest BCUT2D eigenvalue weighted by Gasteiger charge is -2.09. The zero-order valence-electron chi connectivity index (χ0n) is 15.0. The van der Waals surface area contributed by atoms with Gasteiger partial charge < -0.3 is 0 Å². The van der Waals surface area contributed by atoms with Crippen molar-refractivity contribution >= 4 is 48.3 Å². The normalized spacial score (nSPS) is 14.5. The zero-order valence-corrected chi connectivity index (χ0v) is 18.2. The first-order chi connectivity index (χ1) is 12.8. The van der Waals surface area contributed by atoms with Gasteiger partial charge in [-0.15, -0.1) is 10.2 Å². The van der Waals surface area contributed by atoms with Gasteiger partial charge in [0.1, 0.15) is 5.01 Å². The molecule has 3 rings (SSSR count). The van der Waals surface area contributed by atoms with Gasteiger partial charge in [0.25, 0.3) is 5.91 Å². The molecule has 7 nitrogen and oxygen atoms in total. The van der Waals surface area contributed by atoms with Crippen molar-refractivity contribution < 1.29 is 13.2 Å². The molecule has 1 aromatic heterocycles. The van der Waals surface area contributed by atoms with Crippen molar-refractivity contribution in [1.29, 1.82) is 0 Å². The highest BCUT2D eigenvalue weighted by Crippen LogP contribution is 2.29. The third-order valence-electron chi connectivity index (χ3n) is 4.39. The lowest BCUT2D eigenvalue weighted by Crippen LogP contribution is -2.26. The van der Waals surface area contributed by atoms with Crippen LogP contribution < -0.4 is 10.0 Å². The Bertz CT molecular complexity index is 937. The molecule has 0 bridgehead atoms. The van der Waals surface area contributed by atoms with Gasteiger partial charge in [0.15, 0.2) is 0 Å². The molecule has 1 aliphatic rings. The van der Waals surface area contributed by atoms with Crippen molar-refractivity contribution in [2.24, 2.45) is 0 Å². The Labute approximate surface area is 171 Å². The van der Waals surface area contributed by atoms with E-state index in [0.29, 0.717) is 15.5 Å². The molecule has 146 valence electrons. The number of hydrogen-bond donors (Lipinski definition) is 2. The van der Waals surface area contributed by atoms with Crippen LogP contribution >= 0.6 is 27.3 Å². The van der Waals surface area contributed by atoms with Crippen LogP contribution in [0.5, 0.6) is 0 Å². The fraction of sp³-hybridized carbons (Fsp3) is 0.471. The molecule has 0 radical (unpaired) electrons. The van der Waals surface area contributed by atoms with Gasteiger partial charge in [-0.3, -0.25) is 10.1 Å². The first-order valence-corrected chi connectivity index (χ1v) is 11.9. The summed E-state index contributed by atoms with van der Waals surface area (Å²) in [6, 6.07) is 4.40. The first kappa shape index (κ1) is 20.4. The lowest BCUT2D eigenvalue weighted by molar-refractivity contribution is 0.102. The molecule has 27 heavy (non-hydrogen) atoms. The summed E-state index contributed by atoms with van der Waals surface area (Å²) >= 11 is 4.66. The second-order valence-corrected chi connectivity index (χ2v) is 10.0. The number of hydrogen-bond acceptors (Lipinski definition) is 6. The Hall–Kier alpha value is -1.36. The maximum absolute atomic E-state index is 12.6. The smallest absolute Gasteiger partial charge is 0.258 e. The van der Waals surface area contributed by atoms with Crippen molar-refractivity contribution in [3.05, 3.63) is 33.2 Å². The fourth-order valence-electron chi connectivity index (χ4n) is 2.59. The number of halogens is 1. The predicted octanol–water partition coefficient (Wildman–Crippen LogP) is 3.90. The van der Waals surface area contributed by atoms with E-state index in [1.54, 1.807) is 6.07 Å². The maximum atomic E-state index is 12.6. The van der Waals surface area contributed by atoms with E-state index >= 15 is 0 Å². The number of carbonyl (C=O) groups excluding carboxylic acids is 1. The average Bonchev–Trinajstić information content (AvgIpc) is 3.31. The van der Waals surface area contributed by atoms with E-state index in [0.717, 1.165) is 30.7 Å². The molecule has 0 atom stereocenters. The Morgan fingerprint density at radius 2 is 2.00 bits per heavy atom. The highest BCUT2D eigenvalue weighted by atomic mass is 79.9. The van der Waals surface area contributed by atoms with E-state index in [4.69, 9.17) is 0 Å². The van der Waals surface area contributed by atoms with Crippen molar-refractivity contribution in [2.45, 2.75) is 56.4 Å². The largest absolute Gasteiger partial charge is 0.296 e. The quantitative estimate of drug-likeness (QED) is 0.606. The molecule has 2 aromatic rings. The molecular formula is C17H21BrN4O3S2. The molecule has 0 unspecified atom stereocenters. The first-order valence-electron chi connectivity index (χ1n) is 8.80. The summed E-state index contributed by atoms with van der Waals surface area (Å²) in [6.07, 6.45) is 3.61. The van der Waals surface area contributed by atoms with Crippen molar-refractivity contribution in [2.75, 3.05) is 5.32 Å². The minimum Gasteiger partial charge on any atom is -0.296 e. The number of anilines is 1. The van der Waals surface area contributed by atoms with E-state index in [9.17, 15) is 13.2 Å². The number of nitrogens with zero attached hydrogens (tertiary/aromatic N) is 2. The SMILES string of the molecule is CCC(CC)c1nnc(NC(=O)c2cc(S(=O)(=O)NC3CC3)ccc2Br)s1. The molecule has 0 spiro atoms. The van der Waals surface area contributed by atoms with Gasteiger partial charge in [0, 0.05) is 16.4 Å². The van der Waals surface area contributed by atoms with E-state index in [1.165, 1.54) is 23.5 Å². The second kappa shape index (κ2) is 8.34. The van der Waals surface area contributed by atoms with Crippen LogP contribution in [0.4, 0.5) is 5.13 Å². The van der Waals surface area contributed by atoms with E-state index in [2.05, 4.69) is 50.0 Å². The summed E-state index contributed by atoms with van der Waals surface area (Å²) in [4.78, 5) is 12.7. The third-order valence-corrected chi connectivity index (χ3v) is 7.60. The third kappa shape index (κ3) is 4.92. The topological polar surface area (TPSA) is 101 Å². The van der Waals surface area contributed by atoms with Crippen LogP contribution in [0.15, 0.2) is 27.6 Å². The van der Waals surface area contributed by atoms with Crippen molar-refractivity contribution in [3.63, 3.8) is 0 Å². The standard InChI is InChI=1S/C17H21BrN4O3S2/c1-3-10(4-2)16-20-21-17(26-16)19-15(23)13-9-12(7-8-14(13)18)27(24,25)22-11-5-6-11/h7-11,22H,3-6H2,1-2H3,(H,19,21,23). The summed E-state index contributed by atoms with van der Waals surface area (Å²) in [6.45, 7) is 4.18. The van der Waals surface area contributed by atoms with Crippen LogP contribution in [-0.4, -0.2) is 30.6 Å². The van der Waals surface area contributed by atoms with Crippen LogP contribution in [0.3, 0.4) is 0 Å². The van der Waals surface area contributed by atoms with Gasteiger partial charge in [0.2, 0.25) is 15.2 Å². The number of nitrogens with one attached hydrogen (secondary N) is 2. The monoisotopic (exact) mass is 472 g/mol. The van der Waals surface area contributed by atoms with Crippen LogP contribution in [0, 0.1) is 0 Å². The maximum Gasteiger partial charge on any atom is 0.258 e. The molecule has 10 heteroatoms. The molecule has 0 saturated heterocycles. The number of carbonyl (C=O) groups is 1. The van der Waals surface area contributed by atoms with Gasteiger partial charge >= 0.3 is 0 Å². The van der Waals surface area contributed by atoms with Gasteiger partial charge in [-0.2, -0.15) is 0 Å². The molecule has 1 aliphatic carbocycles. The number of rotatable bonds is 8. The van der Waals surface area contributed by atoms with Gasteiger partial charge in [0.05, 0.1) is 10.5 Å². The summed E-state index contributed by atoms with van der Waals surface area (Å²) in [5, 5.41) is 12.2. The van der Waals surface area contributed by atoms with Crippen molar-refractivity contribution in [3.8, 4) is 0 Å². The highest BCUT2D eigenvalue weighted by molar-refractivity contribution is 9.10. The van der Waals surface area contributed by atoms with E-state index in [-0.39, 0.29) is 16.5 Å². The molecule has 0 aliphatic heterocycles. The number of sulfonamides is 1. The second-order valence-electron chi connectivity index (χ2n) is 6.45. The molecule has 1 fully saturated rings. The highest BCUT2D eigenvalue weighted by Gasteiger charge is 2.28. The van der Waals surface area contributed by atoms with Gasteiger partial charge in [-0.1, -0.05) is 25.2 Å². The van der Waals surface area contributed by atoms with Crippen LogP contribution in [0.25, 0.3) is 0 Å². The summed E-state index contributed by atoms with van der Waals surface area (Å²) in [5.41, 5.74) is 0.230. The Morgan fingerprint density at radius 1 is 1.30 bits per heavy atom. The summed E-state index contributed by atoms with van der Waals surface area (Å²) < 4.78 is 27.9. The van der Waals surface area contributed by atoms with Crippen molar-refractivity contribution in [1.82, 2.24) is 14.9 Å². The number of aromatic nitrogens is 2. The molecule has 1 aromatic carbocycles. The fourth-order valence-corrected chi connectivity index (χ4v) is 5.35. The average molecular weight is 473 g/mol. The molecular weight excluding hydrogens is 452 g/mol. The Balaban J connectivity index is 1.79. The van der Waals surface area contributed by atoms with E-state index < -0.39 is 15.9 Å². The Kier molecular flexibility index (Phi) is 6.29. The molecule has 2 N–H and O–H groups in total. The predicted molar refractivity (Wildman–Crippen MR) is 109 cm³/mol.